The molecule has 0 spiro atoms. The molecule has 4 rings (SSSR count). The number of rotatable bonds is 11. The molecule has 1 aliphatic heterocycles. The highest BCUT2D eigenvalue weighted by Crippen LogP contribution is 2.35. The Morgan fingerprint density at radius 1 is 0.697 bits per heavy atom. The van der Waals surface area contributed by atoms with E-state index in [9.17, 15) is 10.2 Å². The van der Waals surface area contributed by atoms with Gasteiger partial charge in [-0.15, -0.1) is 0 Å². The normalized spacial score (nSPS) is 24.7. The number of hydrogen-bond donors (Lipinski definition) is 2. The largest absolute Gasteiger partial charge is 0.394 e. The van der Waals surface area contributed by atoms with E-state index in [2.05, 4.69) is 0 Å². The fraction of sp³-hybridized carbons (Fsp3) is 0.333. The molecule has 1 fully saturated rings. The third-order valence-corrected chi connectivity index (χ3v) is 5.62. The summed E-state index contributed by atoms with van der Waals surface area (Å²) < 4.78 is 23.9. The first-order valence-corrected chi connectivity index (χ1v) is 11.1. The van der Waals surface area contributed by atoms with Crippen LogP contribution in [-0.2, 0) is 38.8 Å². The maximum atomic E-state index is 11.4. The van der Waals surface area contributed by atoms with Crippen molar-refractivity contribution in [2.45, 2.75) is 43.9 Å². The first-order valence-electron chi connectivity index (χ1n) is 11.1. The zero-order valence-electron chi connectivity index (χ0n) is 18.5. The molecule has 6 nitrogen and oxygen atoms in total. The van der Waals surface area contributed by atoms with Crippen molar-refractivity contribution in [3.05, 3.63) is 108 Å². The minimum atomic E-state index is -1.77. The maximum Gasteiger partial charge on any atom is 0.219 e. The average molecular weight is 451 g/mol. The van der Waals surface area contributed by atoms with Gasteiger partial charge in [-0.05, 0) is 16.7 Å². The zero-order valence-corrected chi connectivity index (χ0v) is 18.5. The zero-order chi connectivity index (χ0) is 22.9. The molecule has 33 heavy (non-hydrogen) atoms. The SMILES string of the molecule is OC[C@H]1O[C@@](O)(COCc2ccccc2)[C@@H](OCc2ccccc2)[C@@H]1OCc1ccccc1. The molecule has 6 heteroatoms. The fourth-order valence-electron chi connectivity index (χ4n) is 3.94. The third-order valence-electron chi connectivity index (χ3n) is 5.62. The molecule has 0 saturated carbocycles. The van der Waals surface area contributed by atoms with Crippen LogP contribution < -0.4 is 0 Å². The summed E-state index contributed by atoms with van der Waals surface area (Å²) in [5.41, 5.74) is 2.92. The molecule has 1 heterocycles. The summed E-state index contributed by atoms with van der Waals surface area (Å²) in [6.45, 7) is 0.447. The first-order chi connectivity index (χ1) is 16.2. The van der Waals surface area contributed by atoms with Gasteiger partial charge in [0.05, 0.1) is 26.4 Å². The van der Waals surface area contributed by atoms with Crippen LogP contribution in [0.25, 0.3) is 0 Å². The summed E-state index contributed by atoms with van der Waals surface area (Å²) in [5.74, 6) is -1.77. The lowest BCUT2D eigenvalue weighted by Gasteiger charge is -2.30. The van der Waals surface area contributed by atoms with Gasteiger partial charge in [0.25, 0.3) is 0 Å². The van der Waals surface area contributed by atoms with Gasteiger partial charge < -0.3 is 29.2 Å². The van der Waals surface area contributed by atoms with Crippen molar-refractivity contribution >= 4 is 0 Å². The monoisotopic (exact) mass is 450 g/mol. The second-order valence-corrected chi connectivity index (χ2v) is 8.14. The van der Waals surface area contributed by atoms with E-state index in [4.69, 9.17) is 18.9 Å². The molecule has 2 N–H and O–H groups in total. The molecule has 4 atom stereocenters. The van der Waals surface area contributed by atoms with Crippen LogP contribution >= 0.6 is 0 Å². The van der Waals surface area contributed by atoms with Crippen LogP contribution in [-0.4, -0.2) is 47.5 Å². The lowest BCUT2D eigenvalue weighted by Crippen LogP contribution is -2.49. The topological polar surface area (TPSA) is 77.4 Å². The minimum absolute atomic E-state index is 0.122. The molecule has 174 valence electrons. The van der Waals surface area contributed by atoms with E-state index >= 15 is 0 Å². The lowest BCUT2D eigenvalue weighted by molar-refractivity contribution is -0.266. The van der Waals surface area contributed by atoms with Gasteiger partial charge in [0.15, 0.2) is 0 Å². The number of hydrogen-bond acceptors (Lipinski definition) is 6. The molecule has 1 aliphatic rings. The van der Waals surface area contributed by atoms with Gasteiger partial charge >= 0.3 is 0 Å². The van der Waals surface area contributed by atoms with Gasteiger partial charge in [0, 0.05) is 0 Å². The maximum absolute atomic E-state index is 11.4. The highest BCUT2D eigenvalue weighted by atomic mass is 16.7. The first kappa shape index (κ1) is 23.6. The standard InChI is InChI=1S/C27H30O6/c28-16-24-25(31-18-22-12-6-2-7-13-22)26(32-19-23-14-8-3-9-15-23)27(29,33-24)20-30-17-21-10-4-1-5-11-21/h1-15,24-26,28-29H,16-20H2/t24-,25-,26+,27+/m1/s1. The van der Waals surface area contributed by atoms with Gasteiger partial charge in [-0.2, -0.15) is 0 Å². The number of aliphatic hydroxyl groups is 2. The number of benzene rings is 3. The lowest BCUT2D eigenvalue weighted by atomic mass is 10.0. The fourth-order valence-corrected chi connectivity index (χ4v) is 3.94. The van der Waals surface area contributed by atoms with Gasteiger partial charge in [0.1, 0.15) is 24.9 Å². The second-order valence-electron chi connectivity index (χ2n) is 8.14. The van der Waals surface area contributed by atoms with Crippen LogP contribution in [0.5, 0.6) is 0 Å². The molecular weight excluding hydrogens is 420 g/mol. The summed E-state index contributed by atoms with van der Waals surface area (Å²) in [7, 11) is 0. The number of ether oxygens (including phenoxy) is 4. The minimum Gasteiger partial charge on any atom is -0.394 e. The van der Waals surface area contributed by atoms with Gasteiger partial charge in [0.2, 0.25) is 5.79 Å². The van der Waals surface area contributed by atoms with Crippen molar-refractivity contribution in [2.75, 3.05) is 13.2 Å². The summed E-state index contributed by atoms with van der Waals surface area (Å²) >= 11 is 0. The van der Waals surface area contributed by atoms with Crippen LogP contribution in [0.1, 0.15) is 16.7 Å². The molecule has 0 aliphatic carbocycles. The predicted molar refractivity (Wildman–Crippen MR) is 123 cm³/mol. The molecule has 3 aromatic carbocycles. The molecule has 3 aromatic rings. The van der Waals surface area contributed by atoms with Crippen molar-refractivity contribution in [1.82, 2.24) is 0 Å². The van der Waals surface area contributed by atoms with E-state index in [0.717, 1.165) is 16.7 Å². The van der Waals surface area contributed by atoms with Crippen molar-refractivity contribution in [2.24, 2.45) is 0 Å². The molecule has 0 amide bonds. The summed E-state index contributed by atoms with van der Waals surface area (Å²) in [6, 6.07) is 29.1. The Morgan fingerprint density at radius 2 is 1.18 bits per heavy atom. The third kappa shape index (κ3) is 6.26. The quantitative estimate of drug-likeness (QED) is 0.466. The van der Waals surface area contributed by atoms with E-state index in [1.54, 1.807) is 0 Å². The average Bonchev–Trinajstić information content (AvgIpc) is 3.14. The van der Waals surface area contributed by atoms with Crippen molar-refractivity contribution < 1.29 is 29.2 Å². The molecule has 0 bridgehead atoms. The van der Waals surface area contributed by atoms with Gasteiger partial charge in [-0.1, -0.05) is 91.0 Å². The predicted octanol–water partition coefficient (Wildman–Crippen LogP) is 3.45. The Morgan fingerprint density at radius 3 is 1.70 bits per heavy atom. The van der Waals surface area contributed by atoms with Crippen molar-refractivity contribution in [1.29, 1.82) is 0 Å². The Bertz CT molecular complexity index is 952. The summed E-state index contributed by atoms with van der Waals surface area (Å²) in [4.78, 5) is 0. The van der Waals surface area contributed by atoms with E-state index in [1.807, 2.05) is 91.0 Å². The molecular formula is C27H30O6. The van der Waals surface area contributed by atoms with Crippen molar-refractivity contribution in [3.63, 3.8) is 0 Å². The molecule has 1 saturated heterocycles. The van der Waals surface area contributed by atoms with Crippen LogP contribution in [0.3, 0.4) is 0 Å². The van der Waals surface area contributed by atoms with Gasteiger partial charge in [-0.3, -0.25) is 0 Å². The summed E-state index contributed by atoms with van der Waals surface area (Å²) in [5, 5.41) is 21.4. The number of aliphatic hydroxyl groups excluding tert-OH is 1. The smallest absolute Gasteiger partial charge is 0.219 e. The molecule has 0 aromatic heterocycles. The Labute approximate surface area is 194 Å². The van der Waals surface area contributed by atoms with E-state index < -0.39 is 24.1 Å². The molecule has 0 radical (unpaired) electrons. The second kappa shape index (κ2) is 11.5. The highest BCUT2D eigenvalue weighted by Gasteiger charge is 2.56. The van der Waals surface area contributed by atoms with E-state index in [-0.39, 0.29) is 19.8 Å². The Balaban J connectivity index is 1.48. The highest BCUT2D eigenvalue weighted by molar-refractivity contribution is 5.15. The van der Waals surface area contributed by atoms with Crippen molar-refractivity contribution in [3.8, 4) is 0 Å². The van der Waals surface area contributed by atoms with Crippen LogP contribution in [0.2, 0.25) is 0 Å². The summed E-state index contributed by atoms with van der Waals surface area (Å²) in [6.07, 6.45) is -2.28. The Hall–Kier alpha value is -2.58. The van der Waals surface area contributed by atoms with Crippen LogP contribution in [0.15, 0.2) is 91.0 Å². The van der Waals surface area contributed by atoms with E-state index in [1.165, 1.54) is 0 Å². The van der Waals surface area contributed by atoms with E-state index in [0.29, 0.717) is 13.2 Å². The Kier molecular flexibility index (Phi) is 8.23. The van der Waals surface area contributed by atoms with Crippen LogP contribution in [0.4, 0.5) is 0 Å². The van der Waals surface area contributed by atoms with Gasteiger partial charge in [-0.25, -0.2) is 0 Å². The van der Waals surface area contributed by atoms with Crippen LogP contribution in [0, 0.1) is 0 Å². The molecule has 0 unspecified atom stereocenters.